The number of nitrogens with two attached hydrogens (primary N) is 1. The minimum atomic E-state index is -0.566. The summed E-state index contributed by atoms with van der Waals surface area (Å²) >= 11 is 0. The lowest BCUT2D eigenvalue weighted by Gasteiger charge is -2.40. The van der Waals surface area contributed by atoms with Crippen LogP contribution in [-0.4, -0.2) is 53.5 Å². The van der Waals surface area contributed by atoms with E-state index in [0.717, 1.165) is 51.6 Å². The molecular formula is C15H31Cl2N3O. The molecule has 0 unspecified atom stereocenters. The molecule has 2 N–H and O–H groups in total. The Morgan fingerprint density at radius 2 is 1.67 bits per heavy atom. The molecule has 0 radical (unpaired) electrons. The Morgan fingerprint density at radius 3 is 2.10 bits per heavy atom. The number of carbonyl (C=O) groups excluding carboxylic acids is 1. The Bertz CT molecular complexity index is 325. The molecule has 0 bridgehead atoms. The fraction of sp³-hybridized carbons (Fsp3) is 0.933. The number of rotatable bonds is 3. The first-order valence-electron chi connectivity index (χ1n) is 7.74. The van der Waals surface area contributed by atoms with Crippen LogP contribution in [0.25, 0.3) is 0 Å². The smallest absolute Gasteiger partial charge is 0.242 e. The van der Waals surface area contributed by atoms with Crippen LogP contribution in [0, 0.1) is 0 Å². The van der Waals surface area contributed by atoms with E-state index in [1.165, 1.54) is 0 Å². The molecule has 1 aliphatic heterocycles. The molecule has 4 nitrogen and oxygen atoms in total. The fourth-order valence-corrected chi connectivity index (χ4v) is 3.53. The minimum absolute atomic E-state index is 0. The van der Waals surface area contributed by atoms with Crippen molar-refractivity contribution in [3.05, 3.63) is 0 Å². The van der Waals surface area contributed by atoms with Gasteiger partial charge in [0.2, 0.25) is 5.91 Å². The highest BCUT2D eigenvalue weighted by Crippen LogP contribution is 2.30. The zero-order valence-electron chi connectivity index (χ0n) is 13.5. The zero-order valence-corrected chi connectivity index (χ0v) is 15.1. The second kappa shape index (κ2) is 8.56. The minimum Gasteiger partial charge on any atom is -0.341 e. The van der Waals surface area contributed by atoms with Crippen molar-refractivity contribution >= 4 is 30.7 Å². The van der Waals surface area contributed by atoms with E-state index in [4.69, 9.17) is 5.73 Å². The van der Waals surface area contributed by atoms with Gasteiger partial charge in [0.25, 0.3) is 0 Å². The summed E-state index contributed by atoms with van der Waals surface area (Å²) in [5.74, 6) is 0.174. The van der Waals surface area contributed by atoms with Crippen LogP contribution >= 0.6 is 24.8 Å². The summed E-state index contributed by atoms with van der Waals surface area (Å²) in [6.45, 7) is 6.67. The van der Waals surface area contributed by atoms with Crippen molar-refractivity contribution in [3.8, 4) is 0 Å². The van der Waals surface area contributed by atoms with E-state index >= 15 is 0 Å². The third-order valence-electron chi connectivity index (χ3n) is 5.02. The van der Waals surface area contributed by atoms with E-state index < -0.39 is 5.54 Å². The Hall–Kier alpha value is -0.0300. The average molecular weight is 340 g/mol. The van der Waals surface area contributed by atoms with Crippen LogP contribution in [0.4, 0.5) is 0 Å². The second-order valence-electron chi connectivity index (χ2n) is 6.64. The van der Waals surface area contributed by atoms with Gasteiger partial charge in [0.05, 0.1) is 5.54 Å². The summed E-state index contributed by atoms with van der Waals surface area (Å²) in [5, 5.41) is 0. The van der Waals surface area contributed by atoms with Crippen LogP contribution in [0.5, 0.6) is 0 Å². The van der Waals surface area contributed by atoms with E-state index in [1.807, 2.05) is 11.9 Å². The monoisotopic (exact) mass is 339 g/mol. The molecule has 1 saturated carbocycles. The van der Waals surface area contributed by atoms with Crippen molar-refractivity contribution in [2.75, 3.05) is 20.1 Å². The molecule has 0 atom stereocenters. The normalized spacial score (nSPS) is 22.5. The van der Waals surface area contributed by atoms with Crippen molar-refractivity contribution in [2.45, 2.75) is 70.0 Å². The first-order valence-corrected chi connectivity index (χ1v) is 7.74. The SMILES string of the molecule is CC(C)N1CCC(N(C)C(=O)C2(N)CCCC2)CC1.Cl.Cl. The van der Waals surface area contributed by atoms with Gasteiger partial charge in [-0.1, -0.05) is 12.8 Å². The number of carbonyl (C=O) groups is 1. The van der Waals surface area contributed by atoms with Gasteiger partial charge in [-0.25, -0.2) is 0 Å². The number of likely N-dealkylation sites (N-methyl/N-ethyl adjacent to an activating group) is 1. The second-order valence-corrected chi connectivity index (χ2v) is 6.64. The lowest BCUT2D eigenvalue weighted by atomic mass is 9.94. The van der Waals surface area contributed by atoms with Gasteiger partial charge in [0.1, 0.15) is 0 Å². The predicted molar refractivity (Wildman–Crippen MR) is 92.4 cm³/mol. The standard InChI is InChI=1S/C15H29N3O.2ClH/c1-12(2)18-10-6-13(7-11-18)17(3)14(19)15(16)8-4-5-9-15;;/h12-13H,4-11,16H2,1-3H3;2*1H. The maximum absolute atomic E-state index is 12.6. The first-order chi connectivity index (χ1) is 8.94. The summed E-state index contributed by atoms with van der Waals surface area (Å²) < 4.78 is 0. The molecule has 2 aliphatic rings. The summed E-state index contributed by atoms with van der Waals surface area (Å²) in [4.78, 5) is 17.0. The lowest BCUT2D eigenvalue weighted by molar-refractivity contribution is -0.138. The Labute approximate surface area is 141 Å². The van der Waals surface area contributed by atoms with Crippen LogP contribution in [0.3, 0.4) is 0 Å². The number of hydrogen-bond acceptors (Lipinski definition) is 3. The van der Waals surface area contributed by atoms with Gasteiger partial charge in [-0.05, 0) is 39.5 Å². The third kappa shape index (κ3) is 4.72. The molecular weight excluding hydrogens is 309 g/mol. The number of amides is 1. The summed E-state index contributed by atoms with van der Waals surface area (Å²) in [6, 6.07) is 0.987. The highest BCUT2D eigenvalue weighted by atomic mass is 35.5. The summed E-state index contributed by atoms with van der Waals surface area (Å²) in [7, 11) is 1.95. The van der Waals surface area contributed by atoms with Crippen LogP contribution in [-0.2, 0) is 4.79 Å². The average Bonchev–Trinajstić information content (AvgIpc) is 2.85. The highest BCUT2D eigenvalue weighted by molar-refractivity contribution is 5.86. The third-order valence-corrected chi connectivity index (χ3v) is 5.02. The van der Waals surface area contributed by atoms with Gasteiger partial charge in [-0.3, -0.25) is 4.79 Å². The fourth-order valence-electron chi connectivity index (χ4n) is 3.53. The zero-order chi connectivity index (χ0) is 14.0. The molecule has 21 heavy (non-hydrogen) atoms. The number of likely N-dealkylation sites (tertiary alicyclic amines) is 1. The van der Waals surface area contributed by atoms with Crippen molar-refractivity contribution < 1.29 is 4.79 Å². The first kappa shape index (κ1) is 21.0. The van der Waals surface area contributed by atoms with Crippen molar-refractivity contribution in [2.24, 2.45) is 5.73 Å². The van der Waals surface area contributed by atoms with Crippen LogP contribution in [0.2, 0.25) is 0 Å². The topological polar surface area (TPSA) is 49.6 Å². The van der Waals surface area contributed by atoms with Gasteiger partial charge >= 0.3 is 0 Å². The van der Waals surface area contributed by atoms with Crippen molar-refractivity contribution in [1.82, 2.24) is 9.80 Å². The molecule has 0 aromatic heterocycles. The molecule has 1 aliphatic carbocycles. The van der Waals surface area contributed by atoms with Crippen molar-refractivity contribution in [1.29, 1.82) is 0 Å². The maximum atomic E-state index is 12.6. The highest BCUT2D eigenvalue weighted by Gasteiger charge is 2.41. The van der Waals surface area contributed by atoms with Crippen molar-refractivity contribution in [3.63, 3.8) is 0 Å². The number of nitrogens with zero attached hydrogens (tertiary/aromatic N) is 2. The molecule has 0 aromatic carbocycles. The summed E-state index contributed by atoms with van der Waals surface area (Å²) in [6.07, 6.45) is 6.08. The Morgan fingerprint density at radius 1 is 1.19 bits per heavy atom. The summed E-state index contributed by atoms with van der Waals surface area (Å²) in [5.41, 5.74) is 5.72. The largest absolute Gasteiger partial charge is 0.341 e. The number of halogens is 2. The van der Waals surface area contributed by atoms with Crippen LogP contribution in [0.15, 0.2) is 0 Å². The van der Waals surface area contributed by atoms with Gasteiger partial charge in [-0.2, -0.15) is 0 Å². The maximum Gasteiger partial charge on any atom is 0.242 e. The molecule has 1 saturated heterocycles. The quantitative estimate of drug-likeness (QED) is 0.858. The molecule has 1 amide bonds. The molecule has 6 heteroatoms. The lowest BCUT2D eigenvalue weighted by Crippen LogP contribution is -2.57. The molecule has 0 aromatic rings. The number of piperidine rings is 1. The Kier molecular flexibility index (Phi) is 8.55. The molecule has 2 rings (SSSR count). The van der Waals surface area contributed by atoms with Gasteiger partial charge in [-0.15, -0.1) is 24.8 Å². The van der Waals surface area contributed by atoms with E-state index in [0.29, 0.717) is 12.1 Å². The van der Waals surface area contributed by atoms with Gasteiger partial charge in [0.15, 0.2) is 0 Å². The molecule has 1 heterocycles. The van der Waals surface area contributed by atoms with E-state index in [1.54, 1.807) is 0 Å². The van der Waals surface area contributed by atoms with Gasteiger partial charge < -0.3 is 15.5 Å². The number of hydrogen-bond donors (Lipinski definition) is 1. The van der Waals surface area contributed by atoms with Crippen LogP contribution in [0.1, 0.15) is 52.4 Å². The Balaban J connectivity index is 0.00000200. The van der Waals surface area contributed by atoms with E-state index in [-0.39, 0.29) is 30.7 Å². The van der Waals surface area contributed by atoms with Gasteiger partial charge in [0, 0.05) is 32.2 Å². The van der Waals surface area contributed by atoms with Crippen LogP contribution < -0.4 is 5.73 Å². The van der Waals surface area contributed by atoms with E-state index in [2.05, 4.69) is 18.7 Å². The predicted octanol–water partition coefficient (Wildman–Crippen LogP) is 2.43. The molecule has 0 spiro atoms. The molecule has 126 valence electrons. The molecule has 2 fully saturated rings. The van der Waals surface area contributed by atoms with E-state index in [9.17, 15) is 4.79 Å².